The van der Waals surface area contributed by atoms with E-state index in [0.717, 1.165) is 38.6 Å². The molecular weight excluding hydrogens is 309 g/mol. The van der Waals surface area contributed by atoms with Crippen LogP contribution in [0.25, 0.3) is 0 Å². The summed E-state index contributed by atoms with van der Waals surface area (Å²) >= 11 is 12.5. The van der Waals surface area contributed by atoms with Crippen molar-refractivity contribution >= 4 is 34.8 Å². The summed E-state index contributed by atoms with van der Waals surface area (Å²) in [5.41, 5.74) is 0. The minimum absolute atomic E-state index is 0.0592. The quantitative estimate of drug-likeness (QED) is 0.857. The van der Waals surface area contributed by atoms with E-state index in [9.17, 15) is 5.11 Å². The molecule has 0 bridgehead atoms. The normalized spacial score (nSPS) is 22.1. The van der Waals surface area contributed by atoms with E-state index in [1.54, 1.807) is 6.07 Å². The molecule has 118 valence electrons. The van der Waals surface area contributed by atoms with Gasteiger partial charge >= 0.3 is 0 Å². The highest BCUT2D eigenvalue weighted by Crippen LogP contribution is 2.34. The number of nitrogens with one attached hydrogen (secondary N) is 1. The summed E-state index contributed by atoms with van der Waals surface area (Å²) in [6.45, 7) is 2.89. The number of hydrogen-bond donors (Lipinski definition) is 2. The number of halogens is 2. The number of rotatable bonds is 5. The van der Waals surface area contributed by atoms with Crippen LogP contribution in [0.1, 0.15) is 39.0 Å². The summed E-state index contributed by atoms with van der Waals surface area (Å²) < 4.78 is 0. The van der Waals surface area contributed by atoms with Crippen LogP contribution in [0.5, 0.6) is 0 Å². The van der Waals surface area contributed by atoms with Gasteiger partial charge in [0.1, 0.15) is 11.6 Å². The molecule has 0 aliphatic heterocycles. The Balaban J connectivity index is 2.24. The molecule has 2 N–H and O–H groups in total. The zero-order valence-electron chi connectivity index (χ0n) is 12.6. The molecule has 1 fully saturated rings. The Bertz CT molecular complexity index is 484. The molecule has 6 heteroatoms. The largest absolute Gasteiger partial charge is 0.391 e. The van der Waals surface area contributed by atoms with Gasteiger partial charge in [-0.25, -0.2) is 4.98 Å². The Labute approximate surface area is 136 Å². The first-order valence-corrected chi connectivity index (χ1v) is 8.31. The van der Waals surface area contributed by atoms with Crippen molar-refractivity contribution < 1.29 is 5.11 Å². The topological polar surface area (TPSA) is 48.4 Å². The molecule has 1 aromatic heterocycles. The number of hydrogen-bond acceptors (Lipinski definition) is 4. The number of pyridine rings is 1. The van der Waals surface area contributed by atoms with Gasteiger partial charge in [0, 0.05) is 13.6 Å². The van der Waals surface area contributed by atoms with Crippen molar-refractivity contribution in [3.8, 4) is 0 Å². The van der Waals surface area contributed by atoms with Crippen LogP contribution >= 0.6 is 23.2 Å². The molecule has 1 aromatic rings. The van der Waals surface area contributed by atoms with Gasteiger partial charge in [0.05, 0.1) is 22.2 Å². The van der Waals surface area contributed by atoms with E-state index in [-0.39, 0.29) is 12.1 Å². The highest BCUT2D eigenvalue weighted by molar-refractivity contribution is 6.37. The third-order valence-electron chi connectivity index (χ3n) is 3.98. The molecule has 1 aliphatic carbocycles. The zero-order valence-corrected chi connectivity index (χ0v) is 14.1. The van der Waals surface area contributed by atoms with E-state index in [4.69, 9.17) is 23.2 Å². The van der Waals surface area contributed by atoms with Gasteiger partial charge in [-0.15, -0.1) is 0 Å². The fourth-order valence-electron chi connectivity index (χ4n) is 2.77. The number of likely N-dealkylation sites (N-methyl/N-ethyl adjacent to an activating group) is 1. The second kappa shape index (κ2) is 7.52. The van der Waals surface area contributed by atoms with E-state index < -0.39 is 0 Å². The van der Waals surface area contributed by atoms with Gasteiger partial charge in [0.15, 0.2) is 0 Å². The number of aliphatic hydroxyl groups is 1. The maximum Gasteiger partial charge on any atom is 0.150 e. The van der Waals surface area contributed by atoms with Crippen molar-refractivity contribution in [1.82, 2.24) is 4.98 Å². The summed E-state index contributed by atoms with van der Waals surface area (Å²) in [6, 6.07) is 1.78. The fraction of sp³-hybridized carbons (Fsp3) is 0.667. The predicted octanol–water partition coefficient (Wildman–Crippen LogP) is 3.95. The zero-order chi connectivity index (χ0) is 15.4. The van der Waals surface area contributed by atoms with Crippen molar-refractivity contribution in [2.24, 2.45) is 0 Å². The van der Waals surface area contributed by atoms with Gasteiger partial charge < -0.3 is 15.3 Å². The van der Waals surface area contributed by atoms with E-state index in [1.807, 2.05) is 11.9 Å². The fourth-order valence-corrected chi connectivity index (χ4v) is 3.33. The Morgan fingerprint density at radius 2 is 2.05 bits per heavy atom. The third-order valence-corrected chi connectivity index (χ3v) is 4.55. The standard InChI is InChI=1S/C15H23Cl2N3O/c1-3-8-18-14-10(16)9-11(17)15(19-14)20(2)12-6-4-5-7-13(12)21/h9,12-13,21H,3-8H2,1-2H3,(H,18,19). The Kier molecular flexibility index (Phi) is 5.97. The molecule has 0 saturated heterocycles. The second-order valence-corrected chi connectivity index (χ2v) is 6.40. The van der Waals surface area contributed by atoms with Gasteiger partial charge in [-0.2, -0.15) is 0 Å². The maximum absolute atomic E-state index is 10.2. The first kappa shape index (κ1) is 16.7. The van der Waals surface area contributed by atoms with Crippen molar-refractivity contribution in [2.45, 2.75) is 51.2 Å². The summed E-state index contributed by atoms with van der Waals surface area (Å²) in [7, 11) is 1.94. The van der Waals surface area contributed by atoms with Crippen LogP contribution < -0.4 is 10.2 Å². The molecule has 0 amide bonds. The molecule has 0 spiro atoms. The molecule has 0 aromatic carbocycles. The average molecular weight is 332 g/mol. The summed E-state index contributed by atoms with van der Waals surface area (Å²) in [5, 5.41) is 14.5. The number of anilines is 2. The van der Waals surface area contributed by atoms with Crippen molar-refractivity contribution in [2.75, 3.05) is 23.8 Å². The molecule has 0 radical (unpaired) electrons. The summed E-state index contributed by atoms with van der Waals surface area (Å²) in [5.74, 6) is 1.32. The average Bonchev–Trinajstić information content (AvgIpc) is 2.46. The van der Waals surface area contributed by atoms with E-state index in [1.165, 1.54) is 0 Å². The van der Waals surface area contributed by atoms with E-state index in [0.29, 0.717) is 21.7 Å². The van der Waals surface area contributed by atoms with Crippen LogP contribution in [0.2, 0.25) is 10.0 Å². The monoisotopic (exact) mass is 331 g/mol. The number of nitrogens with zero attached hydrogens (tertiary/aromatic N) is 2. The van der Waals surface area contributed by atoms with Crippen LogP contribution in [-0.4, -0.2) is 35.8 Å². The Hall–Kier alpha value is -0.710. The van der Waals surface area contributed by atoms with Crippen molar-refractivity contribution in [3.63, 3.8) is 0 Å². The molecule has 1 saturated carbocycles. The minimum atomic E-state index is -0.329. The van der Waals surface area contributed by atoms with E-state index >= 15 is 0 Å². The molecule has 2 atom stereocenters. The van der Waals surface area contributed by atoms with Gasteiger partial charge in [-0.05, 0) is 25.3 Å². The number of aromatic nitrogens is 1. The highest BCUT2D eigenvalue weighted by atomic mass is 35.5. The van der Waals surface area contributed by atoms with Crippen LogP contribution in [0.3, 0.4) is 0 Å². The summed E-state index contributed by atoms with van der Waals surface area (Å²) in [4.78, 5) is 6.54. The first-order valence-electron chi connectivity index (χ1n) is 7.55. The third kappa shape index (κ3) is 3.93. The van der Waals surface area contributed by atoms with Crippen LogP contribution in [-0.2, 0) is 0 Å². The predicted molar refractivity (Wildman–Crippen MR) is 89.7 cm³/mol. The highest BCUT2D eigenvalue weighted by Gasteiger charge is 2.28. The lowest BCUT2D eigenvalue weighted by molar-refractivity contribution is 0.106. The Morgan fingerprint density at radius 1 is 1.33 bits per heavy atom. The minimum Gasteiger partial charge on any atom is -0.391 e. The SMILES string of the molecule is CCCNc1nc(N(C)C2CCCCC2O)c(Cl)cc1Cl. The molecule has 2 unspecified atom stereocenters. The molecular formula is C15H23Cl2N3O. The number of aliphatic hydroxyl groups excluding tert-OH is 1. The lowest BCUT2D eigenvalue weighted by Gasteiger charge is -2.36. The maximum atomic E-state index is 10.2. The summed E-state index contributed by atoms with van der Waals surface area (Å²) in [6.07, 6.45) is 4.66. The second-order valence-electron chi connectivity index (χ2n) is 5.58. The van der Waals surface area contributed by atoms with E-state index in [2.05, 4.69) is 17.2 Å². The lowest BCUT2D eigenvalue weighted by Crippen LogP contribution is -2.44. The van der Waals surface area contributed by atoms with Gasteiger partial charge in [-0.3, -0.25) is 0 Å². The molecule has 2 rings (SSSR count). The van der Waals surface area contributed by atoms with Gasteiger partial charge in [-0.1, -0.05) is 43.0 Å². The molecule has 4 nitrogen and oxygen atoms in total. The molecule has 21 heavy (non-hydrogen) atoms. The Morgan fingerprint density at radius 3 is 2.71 bits per heavy atom. The van der Waals surface area contributed by atoms with Gasteiger partial charge in [0.25, 0.3) is 0 Å². The van der Waals surface area contributed by atoms with Crippen LogP contribution in [0.4, 0.5) is 11.6 Å². The van der Waals surface area contributed by atoms with Gasteiger partial charge in [0.2, 0.25) is 0 Å². The molecule has 1 aliphatic rings. The van der Waals surface area contributed by atoms with Crippen molar-refractivity contribution in [1.29, 1.82) is 0 Å². The molecule has 1 heterocycles. The van der Waals surface area contributed by atoms with Crippen molar-refractivity contribution in [3.05, 3.63) is 16.1 Å². The first-order chi connectivity index (χ1) is 10.0. The lowest BCUT2D eigenvalue weighted by atomic mass is 9.91. The van der Waals surface area contributed by atoms with Crippen LogP contribution in [0.15, 0.2) is 6.07 Å². The van der Waals surface area contributed by atoms with Crippen LogP contribution in [0, 0.1) is 0 Å². The smallest absolute Gasteiger partial charge is 0.150 e.